The molecule has 1 fully saturated rings. The molecule has 0 aliphatic carbocycles. The number of benzene rings is 1. The first-order chi connectivity index (χ1) is 10.6. The van der Waals surface area contributed by atoms with E-state index in [0.717, 1.165) is 6.29 Å². The van der Waals surface area contributed by atoms with Gasteiger partial charge in [-0.3, -0.25) is 4.90 Å². The van der Waals surface area contributed by atoms with Crippen molar-refractivity contribution in [3.8, 4) is 0 Å². The van der Waals surface area contributed by atoms with Crippen molar-refractivity contribution in [3.05, 3.63) is 35.6 Å². The predicted octanol–water partition coefficient (Wildman–Crippen LogP) is 2.06. The number of carbonyl (C=O) groups is 2. The van der Waals surface area contributed by atoms with Gasteiger partial charge >= 0.3 is 6.09 Å². The van der Waals surface area contributed by atoms with Crippen LogP contribution in [0.25, 0.3) is 0 Å². The van der Waals surface area contributed by atoms with Crippen molar-refractivity contribution in [2.45, 2.75) is 26.0 Å². The van der Waals surface area contributed by atoms with Crippen LogP contribution in [0.15, 0.2) is 24.3 Å². The fraction of sp³-hybridized carbons (Fsp3) is 0.500. The maximum atomic E-state index is 13.5. The number of carbonyl (C=O) groups excluding carboxylic acids is 2. The van der Waals surface area contributed by atoms with E-state index in [1.165, 1.54) is 6.07 Å². The molecule has 0 bridgehead atoms. The zero-order valence-electron chi connectivity index (χ0n) is 12.7. The summed E-state index contributed by atoms with van der Waals surface area (Å²) in [5, 5.41) is 0. The lowest BCUT2D eigenvalue weighted by molar-refractivity contribution is -0.109. The fourth-order valence-corrected chi connectivity index (χ4v) is 2.48. The van der Waals surface area contributed by atoms with Gasteiger partial charge in [-0.2, -0.15) is 0 Å². The van der Waals surface area contributed by atoms with Gasteiger partial charge in [0.15, 0.2) is 0 Å². The van der Waals surface area contributed by atoms with E-state index in [1.54, 1.807) is 23.1 Å². The quantitative estimate of drug-likeness (QED) is 0.781. The number of aldehydes is 1. The Labute approximate surface area is 129 Å². The third kappa shape index (κ3) is 4.27. The first-order valence-electron chi connectivity index (χ1n) is 7.44. The van der Waals surface area contributed by atoms with Crippen LogP contribution in [-0.4, -0.2) is 54.4 Å². The Hall–Kier alpha value is -1.95. The number of ether oxygens (including phenoxy) is 1. The Balaban J connectivity index is 1.78. The highest BCUT2D eigenvalue weighted by molar-refractivity contribution is 5.67. The minimum Gasteiger partial charge on any atom is -0.444 e. The zero-order chi connectivity index (χ0) is 15.9. The van der Waals surface area contributed by atoms with Crippen molar-refractivity contribution < 1.29 is 18.7 Å². The fourth-order valence-electron chi connectivity index (χ4n) is 2.48. The molecular formula is C16H21FN2O3. The largest absolute Gasteiger partial charge is 0.444 e. The minimum atomic E-state index is -0.425. The number of hydrogen-bond donors (Lipinski definition) is 0. The topological polar surface area (TPSA) is 49.9 Å². The number of halogens is 1. The molecule has 0 N–H and O–H groups in total. The second kappa shape index (κ2) is 7.89. The Bertz CT molecular complexity index is 516. The summed E-state index contributed by atoms with van der Waals surface area (Å²) in [6.07, 6.45) is 0.989. The normalized spacial score (nSPS) is 17.1. The van der Waals surface area contributed by atoms with Gasteiger partial charge in [-0.1, -0.05) is 18.2 Å². The average Bonchev–Trinajstić information content (AvgIpc) is 2.54. The van der Waals surface area contributed by atoms with Crippen LogP contribution in [0.1, 0.15) is 18.9 Å². The molecule has 1 heterocycles. The van der Waals surface area contributed by atoms with E-state index in [4.69, 9.17) is 4.74 Å². The summed E-state index contributed by atoms with van der Waals surface area (Å²) in [6.45, 7) is 4.47. The van der Waals surface area contributed by atoms with Crippen LogP contribution in [0, 0.1) is 5.82 Å². The second-order valence-corrected chi connectivity index (χ2v) is 5.42. The van der Waals surface area contributed by atoms with Crippen molar-refractivity contribution in [2.75, 3.05) is 26.2 Å². The molecule has 0 spiro atoms. The molecule has 1 aliphatic heterocycles. The summed E-state index contributed by atoms with van der Waals surface area (Å²) in [4.78, 5) is 26.3. The SMILES string of the molecule is CC(CC=O)N1CCN(C(=O)OCc2ccccc2F)CC1. The van der Waals surface area contributed by atoms with Gasteiger partial charge in [0.2, 0.25) is 0 Å². The molecule has 1 aromatic rings. The average molecular weight is 308 g/mol. The maximum absolute atomic E-state index is 13.5. The summed E-state index contributed by atoms with van der Waals surface area (Å²) in [7, 11) is 0. The summed E-state index contributed by atoms with van der Waals surface area (Å²) < 4.78 is 18.6. The van der Waals surface area contributed by atoms with Gasteiger partial charge in [-0.15, -0.1) is 0 Å². The van der Waals surface area contributed by atoms with E-state index < -0.39 is 6.09 Å². The summed E-state index contributed by atoms with van der Waals surface area (Å²) >= 11 is 0. The number of rotatable bonds is 5. The molecule has 1 unspecified atom stereocenters. The monoisotopic (exact) mass is 308 g/mol. The first-order valence-corrected chi connectivity index (χ1v) is 7.44. The Morgan fingerprint density at radius 3 is 2.64 bits per heavy atom. The lowest BCUT2D eigenvalue weighted by Gasteiger charge is -2.37. The molecule has 1 saturated heterocycles. The molecular weight excluding hydrogens is 287 g/mol. The molecule has 6 heteroatoms. The molecule has 5 nitrogen and oxygen atoms in total. The van der Waals surface area contributed by atoms with Crippen molar-refractivity contribution in [1.29, 1.82) is 0 Å². The van der Waals surface area contributed by atoms with E-state index >= 15 is 0 Å². The highest BCUT2D eigenvalue weighted by Crippen LogP contribution is 2.12. The Morgan fingerprint density at radius 1 is 1.32 bits per heavy atom. The van der Waals surface area contributed by atoms with Crippen molar-refractivity contribution in [2.24, 2.45) is 0 Å². The highest BCUT2D eigenvalue weighted by atomic mass is 19.1. The van der Waals surface area contributed by atoms with Crippen LogP contribution in [0.3, 0.4) is 0 Å². The van der Waals surface area contributed by atoms with Crippen LogP contribution < -0.4 is 0 Å². The Morgan fingerprint density at radius 2 is 2.00 bits per heavy atom. The molecule has 0 aromatic heterocycles. The lowest BCUT2D eigenvalue weighted by atomic mass is 10.2. The van der Waals surface area contributed by atoms with E-state index in [-0.39, 0.29) is 18.5 Å². The van der Waals surface area contributed by atoms with Gasteiger partial charge in [0.25, 0.3) is 0 Å². The van der Waals surface area contributed by atoms with Crippen molar-refractivity contribution >= 4 is 12.4 Å². The molecule has 2 rings (SSSR count). The van der Waals surface area contributed by atoms with Gasteiger partial charge in [0.1, 0.15) is 18.7 Å². The van der Waals surface area contributed by atoms with E-state index in [1.807, 2.05) is 6.92 Å². The van der Waals surface area contributed by atoms with Crippen molar-refractivity contribution in [3.63, 3.8) is 0 Å². The molecule has 1 aromatic carbocycles. The molecule has 120 valence electrons. The third-order valence-electron chi connectivity index (χ3n) is 3.94. The van der Waals surface area contributed by atoms with Gasteiger partial charge < -0.3 is 14.4 Å². The number of nitrogens with zero attached hydrogens (tertiary/aromatic N) is 2. The zero-order valence-corrected chi connectivity index (χ0v) is 12.7. The summed E-state index contributed by atoms with van der Waals surface area (Å²) in [5.41, 5.74) is 0.370. The number of amides is 1. The first kappa shape index (κ1) is 16.4. The van der Waals surface area contributed by atoms with Crippen molar-refractivity contribution in [1.82, 2.24) is 9.80 Å². The number of hydrogen-bond acceptors (Lipinski definition) is 4. The molecule has 1 amide bonds. The predicted molar refractivity (Wildman–Crippen MR) is 79.9 cm³/mol. The van der Waals surface area contributed by atoms with Gasteiger partial charge in [0.05, 0.1) is 0 Å². The highest BCUT2D eigenvalue weighted by Gasteiger charge is 2.24. The van der Waals surface area contributed by atoms with Gasteiger partial charge in [-0.25, -0.2) is 9.18 Å². The summed E-state index contributed by atoms with van der Waals surface area (Å²) in [6, 6.07) is 6.44. The minimum absolute atomic E-state index is 0.0622. The third-order valence-corrected chi connectivity index (χ3v) is 3.94. The molecule has 1 aliphatic rings. The number of piperazine rings is 1. The second-order valence-electron chi connectivity index (χ2n) is 5.42. The van der Waals surface area contributed by atoms with Crippen LogP contribution in [0.4, 0.5) is 9.18 Å². The summed E-state index contributed by atoms with van der Waals surface area (Å²) in [5.74, 6) is -0.372. The van der Waals surface area contributed by atoms with Gasteiger partial charge in [-0.05, 0) is 13.0 Å². The van der Waals surface area contributed by atoms with Crippen LogP contribution in [0.5, 0.6) is 0 Å². The standard InChI is InChI=1S/C16H21FN2O3/c1-13(6-11-20)18-7-9-19(10-8-18)16(21)22-12-14-4-2-3-5-15(14)17/h2-5,11,13H,6-10,12H2,1H3. The molecule has 22 heavy (non-hydrogen) atoms. The van der Waals surface area contributed by atoms with E-state index in [0.29, 0.717) is 38.2 Å². The molecule has 0 saturated carbocycles. The van der Waals surface area contributed by atoms with E-state index in [2.05, 4.69) is 4.90 Å². The smallest absolute Gasteiger partial charge is 0.410 e. The van der Waals surface area contributed by atoms with E-state index in [9.17, 15) is 14.0 Å². The maximum Gasteiger partial charge on any atom is 0.410 e. The molecule has 0 radical (unpaired) electrons. The van der Waals surface area contributed by atoms with Crippen LogP contribution >= 0.6 is 0 Å². The molecule has 1 atom stereocenters. The van der Waals surface area contributed by atoms with Gasteiger partial charge in [0, 0.05) is 44.2 Å². The lowest BCUT2D eigenvalue weighted by Crippen LogP contribution is -2.51. The Kier molecular flexibility index (Phi) is 5.89. The van der Waals surface area contributed by atoms with Crippen LogP contribution in [-0.2, 0) is 16.1 Å². The van der Waals surface area contributed by atoms with Crippen LogP contribution in [0.2, 0.25) is 0 Å².